The van der Waals surface area contributed by atoms with Crippen LogP contribution in [0.1, 0.15) is 60.1 Å². The van der Waals surface area contributed by atoms with Gasteiger partial charge in [0.1, 0.15) is 0 Å². The average Bonchev–Trinajstić information content (AvgIpc) is 3.15. The van der Waals surface area contributed by atoms with Crippen LogP contribution in [0.25, 0.3) is 0 Å². The van der Waals surface area contributed by atoms with Crippen molar-refractivity contribution in [3.8, 4) is 0 Å². The van der Waals surface area contributed by atoms with Gasteiger partial charge in [-0.05, 0) is 45.7 Å². The molecule has 0 spiro atoms. The third-order valence-corrected chi connectivity index (χ3v) is 4.03. The highest BCUT2D eigenvalue weighted by Gasteiger charge is 2.15. The van der Waals surface area contributed by atoms with Crippen LogP contribution in [0, 0.1) is 11.8 Å². The number of hydrogen-bond acceptors (Lipinski definition) is 4. The molecule has 1 aromatic rings. The summed E-state index contributed by atoms with van der Waals surface area (Å²) in [4.78, 5) is 29.9. The van der Waals surface area contributed by atoms with Crippen molar-refractivity contribution in [1.82, 2.24) is 25.9 Å². The number of nitrogens with one attached hydrogen (secondary N) is 4. The lowest BCUT2D eigenvalue weighted by Crippen LogP contribution is -2.41. The van der Waals surface area contributed by atoms with E-state index in [0.717, 1.165) is 11.6 Å². The lowest BCUT2D eigenvalue weighted by atomic mass is 10.0. The van der Waals surface area contributed by atoms with Gasteiger partial charge in [-0.1, -0.05) is 27.7 Å². The first kappa shape index (κ1) is 25.1. The van der Waals surface area contributed by atoms with Crippen LogP contribution < -0.4 is 16.0 Å². The van der Waals surface area contributed by atoms with Gasteiger partial charge in [0, 0.05) is 30.3 Å². The molecule has 2 heterocycles. The second-order valence-electron chi connectivity index (χ2n) is 7.05. The van der Waals surface area contributed by atoms with Gasteiger partial charge in [0.2, 0.25) is 11.8 Å². The molecule has 27 heavy (non-hydrogen) atoms. The smallest absolute Gasteiger partial charge is 0.239 e. The Labute approximate surface area is 164 Å². The van der Waals surface area contributed by atoms with Gasteiger partial charge in [0.05, 0.1) is 12.9 Å². The van der Waals surface area contributed by atoms with E-state index in [0.29, 0.717) is 6.42 Å². The monoisotopic (exact) mass is 381 g/mol. The Morgan fingerprint density at radius 2 is 1.85 bits per heavy atom. The first-order chi connectivity index (χ1) is 12.9. The van der Waals surface area contributed by atoms with E-state index < -0.39 is 0 Å². The van der Waals surface area contributed by atoms with Gasteiger partial charge in [0.25, 0.3) is 0 Å². The molecule has 4 N–H and O–H groups in total. The standard InChI is InChI=1S/C12H20N4O2.C6H13N.C2H6/c1-8(2)16-11(17)6-14-12(18)9(3)4-10-5-13-7-15-10;1-6-2-4-7-5-3-6;1-2/h5,7-9H,4,6H2,1-3H3,(H,13,15)(H,14,18)(H,16,17);6-7H,2-5H2,1H3;1-2H3. The predicted molar refractivity (Wildman–Crippen MR) is 110 cm³/mol. The lowest BCUT2D eigenvalue weighted by Gasteiger charge is -2.17. The summed E-state index contributed by atoms with van der Waals surface area (Å²) < 4.78 is 0. The largest absolute Gasteiger partial charge is 0.352 e. The quantitative estimate of drug-likeness (QED) is 0.607. The Hall–Kier alpha value is -1.89. The zero-order valence-corrected chi connectivity index (χ0v) is 17.9. The van der Waals surface area contributed by atoms with Gasteiger partial charge in [-0.25, -0.2) is 4.98 Å². The van der Waals surface area contributed by atoms with E-state index in [2.05, 4.69) is 32.8 Å². The molecule has 0 aromatic carbocycles. The Morgan fingerprint density at radius 1 is 1.22 bits per heavy atom. The van der Waals surface area contributed by atoms with Crippen LogP contribution in [-0.2, 0) is 16.0 Å². The number of amides is 2. The molecular weight excluding hydrogens is 342 g/mol. The minimum atomic E-state index is -0.197. The van der Waals surface area contributed by atoms with Crippen LogP contribution in [0.5, 0.6) is 0 Å². The van der Waals surface area contributed by atoms with Gasteiger partial charge >= 0.3 is 0 Å². The fourth-order valence-corrected chi connectivity index (χ4v) is 2.50. The Kier molecular flexibility index (Phi) is 14.1. The molecule has 0 radical (unpaired) electrons. The number of H-pyrrole nitrogens is 1. The van der Waals surface area contributed by atoms with Crippen molar-refractivity contribution < 1.29 is 9.59 Å². The fourth-order valence-electron chi connectivity index (χ4n) is 2.50. The topological polar surface area (TPSA) is 98.9 Å². The van der Waals surface area contributed by atoms with Crippen molar-refractivity contribution in [1.29, 1.82) is 0 Å². The highest BCUT2D eigenvalue weighted by molar-refractivity contribution is 5.85. The summed E-state index contributed by atoms with van der Waals surface area (Å²) in [5.74, 6) is 0.467. The number of aromatic amines is 1. The van der Waals surface area contributed by atoms with Crippen LogP contribution in [0.3, 0.4) is 0 Å². The van der Waals surface area contributed by atoms with E-state index in [-0.39, 0.29) is 30.3 Å². The maximum Gasteiger partial charge on any atom is 0.239 e. The Balaban J connectivity index is 0.000000621. The molecule has 1 fully saturated rings. The lowest BCUT2D eigenvalue weighted by molar-refractivity contribution is -0.128. The maximum absolute atomic E-state index is 11.7. The van der Waals surface area contributed by atoms with E-state index in [1.54, 1.807) is 12.5 Å². The van der Waals surface area contributed by atoms with Crippen LogP contribution in [0.4, 0.5) is 0 Å². The van der Waals surface area contributed by atoms with E-state index in [4.69, 9.17) is 0 Å². The zero-order chi connectivity index (χ0) is 20.7. The molecule has 1 aliphatic rings. The molecule has 1 atom stereocenters. The normalized spacial score (nSPS) is 14.9. The molecule has 7 nitrogen and oxygen atoms in total. The summed E-state index contributed by atoms with van der Waals surface area (Å²) in [7, 11) is 0. The summed E-state index contributed by atoms with van der Waals surface area (Å²) >= 11 is 0. The fraction of sp³-hybridized carbons (Fsp3) is 0.750. The van der Waals surface area contributed by atoms with Crippen molar-refractivity contribution in [2.24, 2.45) is 11.8 Å². The first-order valence-electron chi connectivity index (χ1n) is 10.1. The van der Waals surface area contributed by atoms with Gasteiger partial charge in [-0.15, -0.1) is 0 Å². The molecule has 0 bridgehead atoms. The molecule has 1 unspecified atom stereocenters. The third-order valence-electron chi connectivity index (χ3n) is 4.03. The molecule has 0 aliphatic carbocycles. The molecule has 2 amide bonds. The first-order valence-corrected chi connectivity index (χ1v) is 10.1. The second kappa shape index (κ2) is 15.2. The predicted octanol–water partition coefficient (Wildman–Crippen LogP) is 2.26. The van der Waals surface area contributed by atoms with Gasteiger partial charge < -0.3 is 20.9 Å². The third kappa shape index (κ3) is 13.0. The zero-order valence-electron chi connectivity index (χ0n) is 17.9. The highest BCUT2D eigenvalue weighted by atomic mass is 16.2. The van der Waals surface area contributed by atoms with Crippen molar-refractivity contribution >= 4 is 11.8 Å². The number of imidazole rings is 1. The minimum absolute atomic E-state index is 0.0182. The molecular formula is C20H39N5O2. The average molecular weight is 382 g/mol. The molecule has 1 saturated heterocycles. The number of aromatic nitrogens is 2. The highest BCUT2D eigenvalue weighted by Crippen LogP contribution is 2.08. The molecule has 1 aliphatic heterocycles. The van der Waals surface area contributed by atoms with Crippen molar-refractivity contribution in [3.63, 3.8) is 0 Å². The molecule has 7 heteroatoms. The summed E-state index contributed by atoms with van der Waals surface area (Å²) in [6.07, 6.45) is 6.60. The van der Waals surface area contributed by atoms with E-state index in [1.807, 2.05) is 34.6 Å². The number of nitrogens with zero attached hydrogens (tertiary/aromatic N) is 1. The van der Waals surface area contributed by atoms with Crippen LogP contribution in [0.15, 0.2) is 12.5 Å². The summed E-state index contributed by atoms with van der Waals surface area (Å²) in [5, 5.41) is 8.64. The van der Waals surface area contributed by atoms with Crippen LogP contribution in [0.2, 0.25) is 0 Å². The molecule has 156 valence electrons. The number of hydrogen-bond donors (Lipinski definition) is 4. The van der Waals surface area contributed by atoms with Crippen molar-refractivity contribution in [2.75, 3.05) is 19.6 Å². The summed E-state index contributed by atoms with van der Waals surface area (Å²) in [5.41, 5.74) is 0.907. The van der Waals surface area contributed by atoms with Gasteiger partial charge in [0.15, 0.2) is 0 Å². The number of carbonyl (C=O) groups is 2. The van der Waals surface area contributed by atoms with Gasteiger partial charge in [-0.2, -0.15) is 0 Å². The molecule has 0 saturated carbocycles. The van der Waals surface area contributed by atoms with Crippen LogP contribution in [-0.4, -0.2) is 47.5 Å². The Morgan fingerprint density at radius 3 is 2.30 bits per heavy atom. The minimum Gasteiger partial charge on any atom is -0.352 e. The van der Waals surface area contributed by atoms with Gasteiger partial charge in [-0.3, -0.25) is 9.59 Å². The van der Waals surface area contributed by atoms with E-state index in [9.17, 15) is 9.59 Å². The van der Waals surface area contributed by atoms with Crippen molar-refractivity contribution in [3.05, 3.63) is 18.2 Å². The number of piperidine rings is 1. The second-order valence-corrected chi connectivity index (χ2v) is 7.05. The number of carbonyl (C=O) groups excluding carboxylic acids is 2. The van der Waals surface area contributed by atoms with Crippen molar-refractivity contribution in [2.45, 2.75) is 66.8 Å². The number of rotatable bonds is 6. The van der Waals surface area contributed by atoms with E-state index in [1.165, 1.54) is 25.9 Å². The van der Waals surface area contributed by atoms with E-state index >= 15 is 0 Å². The summed E-state index contributed by atoms with van der Waals surface area (Å²) in [6, 6.07) is 0.0804. The Bertz CT molecular complexity index is 496. The van der Waals surface area contributed by atoms with Crippen LogP contribution >= 0.6 is 0 Å². The maximum atomic E-state index is 11.7. The SMILES string of the molecule is CC.CC(C)NC(=O)CNC(=O)C(C)Cc1cnc[nH]1.CC1CCNCC1. The molecule has 1 aromatic heterocycles. The molecule has 2 rings (SSSR count). The summed E-state index contributed by atoms with van der Waals surface area (Å²) in [6.45, 7) is 14.4.